The standard InChI is InChI=1S/C19H20FN3O3S/c1-13-10-15(20)6-7-18(13)27(25,26)23-12-19(24)21-9-8-14-11-22-17-5-3-2-4-16(14)17/h2-7,10-11,22-23H,8-9,12H2,1H3,(H,21,24). The lowest BCUT2D eigenvalue weighted by molar-refractivity contribution is -0.119. The number of sulfonamides is 1. The molecular weight excluding hydrogens is 369 g/mol. The van der Waals surface area contributed by atoms with Crippen molar-refractivity contribution >= 4 is 26.8 Å². The molecule has 0 saturated heterocycles. The number of carbonyl (C=O) groups is 1. The zero-order chi connectivity index (χ0) is 19.4. The lowest BCUT2D eigenvalue weighted by Crippen LogP contribution is -2.37. The number of hydrogen-bond donors (Lipinski definition) is 3. The Bertz CT molecular complexity index is 1080. The van der Waals surface area contributed by atoms with Gasteiger partial charge < -0.3 is 10.3 Å². The maximum Gasteiger partial charge on any atom is 0.241 e. The molecule has 0 spiro atoms. The van der Waals surface area contributed by atoms with Crippen LogP contribution in [0.2, 0.25) is 0 Å². The van der Waals surface area contributed by atoms with Crippen molar-refractivity contribution in [2.45, 2.75) is 18.2 Å². The van der Waals surface area contributed by atoms with Crippen LogP contribution in [0.4, 0.5) is 4.39 Å². The average Bonchev–Trinajstić information content (AvgIpc) is 3.03. The van der Waals surface area contributed by atoms with Crippen LogP contribution in [0.5, 0.6) is 0 Å². The third kappa shape index (κ3) is 4.53. The van der Waals surface area contributed by atoms with E-state index in [-0.39, 0.29) is 17.0 Å². The number of nitrogens with one attached hydrogen (secondary N) is 3. The molecule has 142 valence electrons. The summed E-state index contributed by atoms with van der Waals surface area (Å²) in [7, 11) is -3.88. The zero-order valence-electron chi connectivity index (χ0n) is 14.8. The molecule has 0 atom stereocenters. The van der Waals surface area contributed by atoms with Gasteiger partial charge in [0.05, 0.1) is 11.4 Å². The van der Waals surface area contributed by atoms with Gasteiger partial charge in [0.25, 0.3) is 0 Å². The summed E-state index contributed by atoms with van der Waals surface area (Å²) in [6.07, 6.45) is 2.52. The van der Waals surface area contributed by atoms with E-state index in [1.54, 1.807) is 0 Å². The summed E-state index contributed by atoms with van der Waals surface area (Å²) in [5.74, 6) is -0.945. The predicted molar refractivity (Wildman–Crippen MR) is 101 cm³/mol. The second-order valence-corrected chi connectivity index (χ2v) is 7.93. The Morgan fingerprint density at radius 1 is 1.19 bits per heavy atom. The summed E-state index contributed by atoms with van der Waals surface area (Å²) < 4.78 is 39.9. The van der Waals surface area contributed by atoms with Gasteiger partial charge in [-0.25, -0.2) is 17.5 Å². The number of aryl methyl sites for hydroxylation is 1. The molecule has 0 radical (unpaired) electrons. The molecule has 3 N–H and O–H groups in total. The van der Waals surface area contributed by atoms with Gasteiger partial charge in [-0.2, -0.15) is 0 Å². The lowest BCUT2D eigenvalue weighted by atomic mass is 10.1. The molecule has 0 aliphatic rings. The normalized spacial score (nSPS) is 11.6. The third-order valence-corrected chi connectivity index (χ3v) is 5.80. The molecule has 0 unspecified atom stereocenters. The van der Waals surface area contributed by atoms with Crippen LogP contribution in [0.1, 0.15) is 11.1 Å². The minimum absolute atomic E-state index is 0.0458. The minimum atomic E-state index is -3.88. The summed E-state index contributed by atoms with van der Waals surface area (Å²) >= 11 is 0. The van der Waals surface area contributed by atoms with E-state index in [1.807, 2.05) is 30.5 Å². The maximum atomic E-state index is 13.1. The SMILES string of the molecule is Cc1cc(F)ccc1S(=O)(=O)NCC(=O)NCCc1c[nH]c2ccccc12. The van der Waals surface area contributed by atoms with Crippen molar-refractivity contribution in [3.63, 3.8) is 0 Å². The fraction of sp³-hybridized carbons (Fsp3) is 0.211. The van der Waals surface area contributed by atoms with Gasteiger partial charge in [-0.15, -0.1) is 0 Å². The Morgan fingerprint density at radius 2 is 1.96 bits per heavy atom. The first-order valence-electron chi connectivity index (χ1n) is 8.44. The van der Waals surface area contributed by atoms with Crippen LogP contribution >= 0.6 is 0 Å². The maximum absolute atomic E-state index is 13.1. The molecule has 0 saturated carbocycles. The van der Waals surface area contributed by atoms with Crippen molar-refractivity contribution in [3.8, 4) is 0 Å². The molecule has 0 aliphatic carbocycles. The molecule has 2 aromatic carbocycles. The molecule has 27 heavy (non-hydrogen) atoms. The van der Waals surface area contributed by atoms with E-state index >= 15 is 0 Å². The summed E-state index contributed by atoms with van der Waals surface area (Å²) in [5.41, 5.74) is 2.39. The van der Waals surface area contributed by atoms with Crippen LogP contribution in [0.15, 0.2) is 53.6 Å². The van der Waals surface area contributed by atoms with Crippen LogP contribution in [0.3, 0.4) is 0 Å². The number of amides is 1. The number of rotatable bonds is 7. The van der Waals surface area contributed by atoms with Crippen molar-refractivity contribution in [2.75, 3.05) is 13.1 Å². The van der Waals surface area contributed by atoms with Gasteiger partial charge in [0.2, 0.25) is 15.9 Å². The van der Waals surface area contributed by atoms with E-state index in [1.165, 1.54) is 13.0 Å². The fourth-order valence-electron chi connectivity index (χ4n) is 2.89. The molecule has 0 aliphatic heterocycles. The van der Waals surface area contributed by atoms with Gasteiger partial charge in [-0.3, -0.25) is 4.79 Å². The quantitative estimate of drug-likeness (QED) is 0.579. The van der Waals surface area contributed by atoms with Crippen molar-refractivity contribution < 1.29 is 17.6 Å². The van der Waals surface area contributed by atoms with Crippen molar-refractivity contribution in [2.24, 2.45) is 0 Å². The number of aromatic nitrogens is 1. The molecule has 1 aromatic heterocycles. The van der Waals surface area contributed by atoms with Crippen LogP contribution in [-0.2, 0) is 21.2 Å². The molecule has 6 nitrogen and oxygen atoms in total. The third-order valence-electron chi connectivity index (χ3n) is 4.24. The number of para-hydroxylation sites is 1. The topological polar surface area (TPSA) is 91.1 Å². The summed E-state index contributed by atoms with van der Waals surface area (Å²) in [4.78, 5) is 15.1. The number of carbonyl (C=O) groups excluding carboxylic acids is 1. The second kappa shape index (κ2) is 7.89. The highest BCUT2D eigenvalue weighted by molar-refractivity contribution is 7.89. The summed E-state index contributed by atoms with van der Waals surface area (Å²) in [6.45, 7) is 1.50. The van der Waals surface area contributed by atoms with Gasteiger partial charge >= 0.3 is 0 Å². The predicted octanol–water partition coefficient (Wildman–Crippen LogP) is 2.25. The van der Waals surface area contributed by atoms with Crippen LogP contribution in [0, 0.1) is 12.7 Å². The highest BCUT2D eigenvalue weighted by atomic mass is 32.2. The fourth-order valence-corrected chi connectivity index (χ4v) is 4.10. The Hall–Kier alpha value is -2.71. The van der Waals surface area contributed by atoms with E-state index < -0.39 is 21.7 Å². The molecule has 3 rings (SSSR count). The number of H-pyrrole nitrogens is 1. The first-order chi connectivity index (χ1) is 12.9. The number of aromatic amines is 1. The zero-order valence-corrected chi connectivity index (χ0v) is 15.6. The average molecular weight is 389 g/mol. The minimum Gasteiger partial charge on any atom is -0.361 e. The Morgan fingerprint density at radius 3 is 2.74 bits per heavy atom. The van der Waals surface area contributed by atoms with E-state index in [9.17, 15) is 17.6 Å². The Balaban J connectivity index is 1.52. The number of fused-ring (bicyclic) bond motifs is 1. The molecule has 3 aromatic rings. The monoisotopic (exact) mass is 389 g/mol. The Kier molecular flexibility index (Phi) is 5.57. The molecule has 1 heterocycles. The van der Waals surface area contributed by atoms with E-state index in [0.717, 1.165) is 28.6 Å². The van der Waals surface area contributed by atoms with Crippen molar-refractivity contribution in [1.29, 1.82) is 0 Å². The number of benzene rings is 2. The van der Waals surface area contributed by atoms with Gasteiger partial charge in [0.15, 0.2) is 0 Å². The van der Waals surface area contributed by atoms with Crippen LogP contribution < -0.4 is 10.0 Å². The van der Waals surface area contributed by atoms with Gasteiger partial charge in [-0.05, 0) is 48.7 Å². The highest BCUT2D eigenvalue weighted by Crippen LogP contribution is 2.18. The van der Waals surface area contributed by atoms with Crippen molar-refractivity contribution in [1.82, 2.24) is 15.0 Å². The van der Waals surface area contributed by atoms with Crippen LogP contribution in [-0.4, -0.2) is 32.4 Å². The van der Waals surface area contributed by atoms with Crippen molar-refractivity contribution in [3.05, 3.63) is 65.6 Å². The smallest absolute Gasteiger partial charge is 0.241 e. The highest BCUT2D eigenvalue weighted by Gasteiger charge is 2.18. The summed E-state index contributed by atoms with van der Waals surface area (Å²) in [5, 5.41) is 3.79. The van der Waals surface area contributed by atoms with Gasteiger partial charge in [-0.1, -0.05) is 18.2 Å². The largest absolute Gasteiger partial charge is 0.361 e. The van der Waals surface area contributed by atoms with Gasteiger partial charge in [0.1, 0.15) is 5.82 Å². The second-order valence-electron chi connectivity index (χ2n) is 6.19. The first kappa shape index (κ1) is 19.1. The number of halogens is 1. The van der Waals surface area contributed by atoms with Gasteiger partial charge in [0, 0.05) is 23.6 Å². The lowest BCUT2D eigenvalue weighted by Gasteiger charge is -2.10. The first-order valence-corrected chi connectivity index (χ1v) is 9.92. The molecule has 0 bridgehead atoms. The van der Waals surface area contributed by atoms with E-state index in [0.29, 0.717) is 13.0 Å². The molecule has 1 amide bonds. The van der Waals surface area contributed by atoms with E-state index in [4.69, 9.17) is 0 Å². The van der Waals surface area contributed by atoms with Crippen LogP contribution in [0.25, 0.3) is 10.9 Å². The van der Waals surface area contributed by atoms with E-state index in [2.05, 4.69) is 15.0 Å². The summed E-state index contributed by atoms with van der Waals surface area (Å²) in [6, 6.07) is 11.3. The number of hydrogen-bond acceptors (Lipinski definition) is 3. The molecule has 8 heteroatoms. The molecular formula is C19H20FN3O3S. The Labute approximate surface area is 156 Å². The molecule has 0 fully saturated rings.